The number of carbonyl (C=O) groups is 2. The Kier molecular flexibility index (Phi) is 5.54. The van der Waals surface area contributed by atoms with Crippen molar-refractivity contribution in [2.75, 3.05) is 6.61 Å². The Balaban J connectivity index is 1.65. The average molecular weight is 357 g/mol. The van der Waals surface area contributed by atoms with Crippen LogP contribution in [-0.2, 0) is 14.2 Å². The molecule has 1 heterocycles. The summed E-state index contributed by atoms with van der Waals surface area (Å²) in [5, 5.41) is 9.81. The van der Waals surface area contributed by atoms with E-state index >= 15 is 0 Å². The Labute approximate surface area is 152 Å². The van der Waals surface area contributed by atoms with E-state index in [9.17, 15) is 14.7 Å². The molecule has 1 N–H and O–H groups in total. The molecule has 0 saturated carbocycles. The highest BCUT2D eigenvalue weighted by Crippen LogP contribution is 2.23. The van der Waals surface area contributed by atoms with Gasteiger partial charge < -0.3 is 19.3 Å². The third-order valence-electron chi connectivity index (χ3n) is 3.96. The Bertz CT molecular complexity index is 767. The molecular weight excluding hydrogens is 336 g/mol. The van der Waals surface area contributed by atoms with Crippen molar-refractivity contribution < 1.29 is 30.3 Å². The molecule has 0 aromatic heterocycles. The molecule has 2 aromatic carbocycles. The van der Waals surface area contributed by atoms with Gasteiger partial charge in [0.15, 0.2) is 6.29 Å². The second kappa shape index (κ2) is 8.60. The molecule has 0 spiro atoms. The van der Waals surface area contributed by atoms with Crippen molar-refractivity contribution in [3.8, 4) is 0 Å². The summed E-state index contributed by atoms with van der Waals surface area (Å²) in [6.07, 6.45) is -3.89. The number of benzene rings is 2. The highest BCUT2D eigenvalue weighted by molar-refractivity contribution is 5.90. The van der Waals surface area contributed by atoms with Crippen LogP contribution in [0.4, 0.5) is 0 Å². The fraction of sp³-hybridized carbons (Fsp3) is 0.300. The van der Waals surface area contributed by atoms with Crippen LogP contribution in [0.5, 0.6) is 0 Å². The summed E-state index contributed by atoms with van der Waals surface area (Å²) in [4.78, 5) is 24.4. The van der Waals surface area contributed by atoms with Gasteiger partial charge in [-0.2, -0.15) is 0 Å². The zero-order valence-electron chi connectivity index (χ0n) is 15.0. The first kappa shape index (κ1) is 16.8. The largest absolute Gasteiger partial charge is 0.459 e. The maximum absolute atomic E-state index is 12.3. The molecule has 0 radical (unpaired) electrons. The van der Waals surface area contributed by atoms with Gasteiger partial charge in [0, 0.05) is 7.77 Å². The standard InChI is InChI=1S/C20H20O6/c21-18-12-11-16(26-20(23)15-9-5-2-6-10-15)17(25-18)13-24-19(22)14-7-3-1-4-8-14/h1-10,16-18,21H,11-13H2/t16-,17+,18+/m0/s1/i12D/t12-,16+,17-,18-/m1. The van der Waals surface area contributed by atoms with E-state index in [1.807, 2.05) is 0 Å². The summed E-state index contributed by atoms with van der Waals surface area (Å²) in [7, 11) is 0. The van der Waals surface area contributed by atoms with E-state index in [0.29, 0.717) is 11.1 Å². The van der Waals surface area contributed by atoms with Crippen LogP contribution < -0.4 is 0 Å². The first-order valence-corrected chi connectivity index (χ1v) is 8.28. The summed E-state index contributed by atoms with van der Waals surface area (Å²) in [5.74, 6) is -1.11. The van der Waals surface area contributed by atoms with Crippen molar-refractivity contribution >= 4 is 11.9 Å². The van der Waals surface area contributed by atoms with Crippen molar-refractivity contribution in [2.45, 2.75) is 31.3 Å². The first-order chi connectivity index (χ1) is 13.0. The topological polar surface area (TPSA) is 82.1 Å². The summed E-state index contributed by atoms with van der Waals surface area (Å²) in [6.45, 7) is -0.204. The number of hydrogen-bond donors (Lipinski definition) is 1. The fourth-order valence-electron chi connectivity index (χ4n) is 2.59. The molecule has 6 nitrogen and oxygen atoms in total. The van der Waals surface area contributed by atoms with E-state index in [2.05, 4.69) is 0 Å². The number of ether oxygens (including phenoxy) is 3. The van der Waals surface area contributed by atoms with Crippen LogP contribution in [0.15, 0.2) is 60.7 Å². The van der Waals surface area contributed by atoms with Gasteiger partial charge in [-0.05, 0) is 30.7 Å². The van der Waals surface area contributed by atoms with E-state index in [1.165, 1.54) is 0 Å². The van der Waals surface area contributed by atoms with Crippen LogP contribution in [0.1, 0.15) is 34.9 Å². The quantitative estimate of drug-likeness (QED) is 0.828. The number of esters is 2. The summed E-state index contributed by atoms with van der Waals surface area (Å²) < 4.78 is 23.9. The smallest absolute Gasteiger partial charge is 0.338 e. The molecule has 6 heteroatoms. The summed E-state index contributed by atoms with van der Waals surface area (Å²) in [6, 6.07) is 16.9. The molecule has 0 amide bonds. The lowest BCUT2D eigenvalue weighted by atomic mass is 10.0. The van der Waals surface area contributed by atoms with Crippen molar-refractivity contribution in [1.82, 2.24) is 0 Å². The van der Waals surface area contributed by atoms with Gasteiger partial charge in [0.2, 0.25) is 0 Å². The lowest BCUT2D eigenvalue weighted by molar-refractivity contribution is -0.208. The number of carbonyl (C=O) groups excluding carboxylic acids is 2. The minimum absolute atomic E-state index is 0.0767. The van der Waals surface area contributed by atoms with Crippen molar-refractivity contribution in [2.24, 2.45) is 0 Å². The molecule has 1 saturated heterocycles. The van der Waals surface area contributed by atoms with E-state index < -0.39 is 36.8 Å². The molecule has 0 bridgehead atoms. The minimum Gasteiger partial charge on any atom is -0.459 e. The summed E-state index contributed by atoms with van der Waals surface area (Å²) in [5.41, 5.74) is 0.746. The monoisotopic (exact) mass is 357 g/mol. The second-order valence-corrected chi connectivity index (χ2v) is 5.81. The third kappa shape index (κ3) is 4.68. The van der Waals surface area contributed by atoms with Crippen molar-refractivity contribution in [3.63, 3.8) is 0 Å². The average Bonchev–Trinajstić information content (AvgIpc) is 2.70. The molecule has 0 aliphatic carbocycles. The fourth-order valence-corrected chi connectivity index (χ4v) is 2.59. The molecule has 136 valence electrons. The molecular formula is C20H20O6. The van der Waals surface area contributed by atoms with Gasteiger partial charge in [-0.25, -0.2) is 9.59 Å². The van der Waals surface area contributed by atoms with E-state index in [1.54, 1.807) is 60.7 Å². The molecule has 1 aliphatic rings. The lowest BCUT2D eigenvalue weighted by Crippen LogP contribution is -2.44. The Hall–Kier alpha value is -2.70. The molecule has 3 rings (SSSR count). The molecule has 4 atom stereocenters. The Morgan fingerprint density at radius 2 is 1.62 bits per heavy atom. The highest BCUT2D eigenvalue weighted by atomic mass is 16.6. The van der Waals surface area contributed by atoms with Gasteiger partial charge in [0.25, 0.3) is 0 Å². The molecule has 0 unspecified atom stereocenters. The molecule has 26 heavy (non-hydrogen) atoms. The zero-order valence-corrected chi connectivity index (χ0v) is 14.0. The van der Waals surface area contributed by atoms with Gasteiger partial charge in [-0.15, -0.1) is 0 Å². The maximum Gasteiger partial charge on any atom is 0.338 e. The van der Waals surface area contributed by atoms with Crippen molar-refractivity contribution in [3.05, 3.63) is 71.8 Å². The normalized spacial score (nSPS) is 25.8. The van der Waals surface area contributed by atoms with E-state index in [0.717, 1.165) is 0 Å². The van der Waals surface area contributed by atoms with Crippen LogP contribution in [0.3, 0.4) is 0 Å². The van der Waals surface area contributed by atoms with Gasteiger partial charge in [0.05, 0.1) is 11.1 Å². The number of aliphatic hydroxyl groups is 1. The van der Waals surface area contributed by atoms with Crippen LogP contribution >= 0.6 is 0 Å². The molecule has 1 aliphatic heterocycles. The summed E-state index contributed by atoms with van der Waals surface area (Å²) >= 11 is 0. The molecule has 2 aromatic rings. The number of aliphatic hydroxyl groups excluding tert-OH is 1. The minimum atomic E-state index is -1.34. The van der Waals surface area contributed by atoms with Gasteiger partial charge in [-0.3, -0.25) is 0 Å². The predicted octanol–water partition coefficient (Wildman–Crippen LogP) is 2.57. The van der Waals surface area contributed by atoms with Crippen LogP contribution in [0.2, 0.25) is 0 Å². The van der Waals surface area contributed by atoms with Crippen LogP contribution in [0.25, 0.3) is 0 Å². The van der Waals surface area contributed by atoms with Gasteiger partial charge in [-0.1, -0.05) is 36.4 Å². The molecule has 1 fully saturated rings. The maximum atomic E-state index is 12.3. The van der Waals surface area contributed by atoms with Crippen LogP contribution in [-0.4, -0.2) is 42.1 Å². The Morgan fingerprint density at radius 3 is 2.23 bits per heavy atom. The predicted molar refractivity (Wildman–Crippen MR) is 92.5 cm³/mol. The number of hydrogen-bond acceptors (Lipinski definition) is 6. The zero-order chi connectivity index (χ0) is 19.2. The first-order valence-electron chi connectivity index (χ1n) is 8.86. The van der Waals surface area contributed by atoms with E-state index in [-0.39, 0.29) is 13.0 Å². The Morgan fingerprint density at radius 1 is 1.04 bits per heavy atom. The van der Waals surface area contributed by atoms with E-state index in [4.69, 9.17) is 15.6 Å². The highest BCUT2D eigenvalue weighted by Gasteiger charge is 2.34. The lowest BCUT2D eigenvalue weighted by Gasteiger charge is -2.33. The van der Waals surface area contributed by atoms with Crippen LogP contribution in [0, 0.1) is 0 Å². The second-order valence-electron chi connectivity index (χ2n) is 5.81. The van der Waals surface area contributed by atoms with Crippen molar-refractivity contribution in [1.29, 1.82) is 0 Å². The number of rotatable bonds is 5. The van der Waals surface area contributed by atoms with Gasteiger partial charge in [0.1, 0.15) is 18.8 Å². The van der Waals surface area contributed by atoms with Gasteiger partial charge >= 0.3 is 11.9 Å². The SMILES string of the molecule is [2H][C@@H]1C[C@H](OC(=O)c2ccccc2)[C@@H](COC(=O)c2ccccc2)O[C@H]1O. The third-order valence-corrected chi connectivity index (χ3v) is 3.96.